The molecule has 0 aromatic heterocycles. The van der Waals surface area contributed by atoms with Gasteiger partial charge < -0.3 is 19.7 Å². The van der Waals surface area contributed by atoms with E-state index in [1.807, 2.05) is 6.92 Å². The Morgan fingerprint density at radius 1 is 1.14 bits per heavy atom. The van der Waals surface area contributed by atoms with E-state index in [1.165, 1.54) is 22.8 Å². The monoisotopic (exact) mass is 529 g/mol. The van der Waals surface area contributed by atoms with Gasteiger partial charge in [0.2, 0.25) is 15.9 Å². The van der Waals surface area contributed by atoms with Crippen molar-refractivity contribution in [2.24, 2.45) is 5.92 Å². The summed E-state index contributed by atoms with van der Waals surface area (Å²) >= 11 is 0. The molecular formula is C28H39N3O5S. The third-order valence-electron chi connectivity index (χ3n) is 7.27. The number of aryl methyl sites for hydroxylation is 1. The van der Waals surface area contributed by atoms with Crippen LogP contribution in [0.3, 0.4) is 0 Å². The molecule has 2 aliphatic heterocycles. The van der Waals surface area contributed by atoms with Crippen molar-refractivity contribution in [2.45, 2.75) is 50.5 Å². The maximum Gasteiger partial charge on any atom is 0.243 e. The topological polar surface area (TPSA) is 88.2 Å². The summed E-state index contributed by atoms with van der Waals surface area (Å²) in [5.74, 6) is 1.19. The number of benzene rings is 2. The molecule has 1 amide bonds. The van der Waals surface area contributed by atoms with Gasteiger partial charge in [-0.2, -0.15) is 4.31 Å². The van der Waals surface area contributed by atoms with Crippen molar-refractivity contribution < 1.29 is 22.7 Å². The van der Waals surface area contributed by atoms with Gasteiger partial charge in [-0.05, 0) is 73.6 Å². The van der Waals surface area contributed by atoms with Crippen LogP contribution in [0, 0.1) is 5.92 Å². The van der Waals surface area contributed by atoms with Crippen molar-refractivity contribution in [3.05, 3.63) is 53.6 Å². The van der Waals surface area contributed by atoms with Crippen molar-refractivity contribution in [2.75, 3.05) is 51.4 Å². The Kier molecular flexibility index (Phi) is 9.10. The molecule has 2 unspecified atom stereocenters. The Morgan fingerprint density at radius 3 is 2.54 bits per heavy atom. The second-order valence-corrected chi connectivity index (χ2v) is 12.0. The van der Waals surface area contributed by atoms with Crippen LogP contribution in [0.1, 0.15) is 50.3 Å². The van der Waals surface area contributed by atoms with E-state index in [0.29, 0.717) is 50.0 Å². The number of morpholine rings is 1. The minimum atomic E-state index is -3.62. The van der Waals surface area contributed by atoms with E-state index in [1.54, 1.807) is 25.3 Å². The van der Waals surface area contributed by atoms with E-state index in [2.05, 4.69) is 41.4 Å². The number of sulfonamides is 1. The van der Waals surface area contributed by atoms with E-state index in [4.69, 9.17) is 9.47 Å². The highest BCUT2D eigenvalue weighted by Crippen LogP contribution is 2.27. The largest absolute Gasteiger partial charge is 0.496 e. The summed E-state index contributed by atoms with van der Waals surface area (Å²) in [6.07, 6.45) is 3.12. The number of rotatable bonds is 9. The molecule has 2 aliphatic rings. The van der Waals surface area contributed by atoms with E-state index in [9.17, 15) is 13.2 Å². The Labute approximate surface area is 221 Å². The lowest BCUT2D eigenvalue weighted by atomic mass is 9.99. The summed E-state index contributed by atoms with van der Waals surface area (Å²) in [6.45, 7) is 7.91. The number of nitrogens with zero attached hydrogens (tertiary/aromatic N) is 2. The molecule has 1 N–H and O–H groups in total. The fraction of sp³-hybridized carbons (Fsp3) is 0.536. The van der Waals surface area contributed by atoms with Crippen molar-refractivity contribution in [3.8, 4) is 5.75 Å². The average Bonchev–Trinajstić information content (AvgIpc) is 2.92. The Morgan fingerprint density at radius 2 is 1.86 bits per heavy atom. The minimum absolute atomic E-state index is 0.0927. The summed E-state index contributed by atoms with van der Waals surface area (Å²) in [5.41, 5.74) is 2.98. The maximum atomic E-state index is 13.1. The quantitative estimate of drug-likeness (QED) is 0.532. The van der Waals surface area contributed by atoms with Crippen molar-refractivity contribution >= 4 is 21.6 Å². The Hall–Kier alpha value is -2.62. The first-order valence-electron chi connectivity index (χ1n) is 13.2. The normalized spacial score (nSPS) is 19.9. The highest BCUT2D eigenvalue weighted by Gasteiger charge is 2.27. The van der Waals surface area contributed by atoms with Crippen LogP contribution < -0.4 is 15.0 Å². The first-order valence-corrected chi connectivity index (χ1v) is 14.6. The maximum absolute atomic E-state index is 13.1. The molecule has 0 saturated carbocycles. The fourth-order valence-corrected chi connectivity index (χ4v) is 6.55. The van der Waals surface area contributed by atoms with Gasteiger partial charge in [0.15, 0.2) is 0 Å². The van der Waals surface area contributed by atoms with Gasteiger partial charge in [0.25, 0.3) is 0 Å². The highest BCUT2D eigenvalue weighted by molar-refractivity contribution is 7.89. The standard InChI is InChI=1S/C28H39N3O5S/c1-21-5-4-14-30(20-21)25-9-6-23(7-10-25)22(2)29-28(32)13-8-24-19-26(11-12-27(24)35-3)37(33,34)31-15-17-36-18-16-31/h6-7,9-12,19,21-22H,4-5,8,13-18,20H2,1-3H3,(H,29,32). The molecule has 0 radical (unpaired) electrons. The van der Waals surface area contributed by atoms with Crippen LogP contribution in [0.2, 0.25) is 0 Å². The number of nitrogens with one attached hydrogen (secondary N) is 1. The van der Waals surface area contributed by atoms with Crippen LogP contribution >= 0.6 is 0 Å². The molecule has 2 heterocycles. The second-order valence-electron chi connectivity index (χ2n) is 10.1. The van der Waals surface area contributed by atoms with Gasteiger partial charge in [0, 0.05) is 38.3 Å². The van der Waals surface area contributed by atoms with Crippen molar-refractivity contribution in [1.82, 2.24) is 9.62 Å². The molecular weight excluding hydrogens is 490 g/mol. The van der Waals surface area contributed by atoms with E-state index in [0.717, 1.165) is 18.7 Å². The minimum Gasteiger partial charge on any atom is -0.496 e. The fourth-order valence-electron chi connectivity index (χ4n) is 5.09. The molecule has 37 heavy (non-hydrogen) atoms. The lowest BCUT2D eigenvalue weighted by molar-refractivity contribution is -0.121. The molecule has 0 bridgehead atoms. The summed E-state index contributed by atoms with van der Waals surface area (Å²) in [6, 6.07) is 13.2. The van der Waals surface area contributed by atoms with E-state index in [-0.39, 0.29) is 23.3 Å². The van der Waals surface area contributed by atoms with E-state index >= 15 is 0 Å². The predicted molar refractivity (Wildman–Crippen MR) is 145 cm³/mol. The van der Waals surface area contributed by atoms with Gasteiger partial charge in [0.1, 0.15) is 5.75 Å². The van der Waals surface area contributed by atoms with Gasteiger partial charge in [-0.25, -0.2) is 8.42 Å². The summed E-state index contributed by atoms with van der Waals surface area (Å²) in [7, 11) is -2.08. The molecule has 202 valence electrons. The summed E-state index contributed by atoms with van der Waals surface area (Å²) in [5, 5.41) is 3.07. The first-order chi connectivity index (χ1) is 17.8. The third-order valence-corrected chi connectivity index (χ3v) is 9.17. The molecule has 2 aromatic rings. The molecule has 9 heteroatoms. The van der Waals surface area contributed by atoms with Gasteiger partial charge in [0.05, 0.1) is 31.3 Å². The zero-order valence-electron chi connectivity index (χ0n) is 22.1. The number of carbonyl (C=O) groups is 1. The number of piperidine rings is 1. The predicted octanol–water partition coefficient (Wildman–Crippen LogP) is 3.76. The molecule has 2 saturated heterocycles. The molecule has 2 aromatic carbocycles. The number of carbonyl (C=O) groups excluding carboxylic acids is 1. The second kappa shape index (κ2) is 12.3. The van der Waals surface area contributed by atoms with Crippen molar-refractivity contribution in [1.29, 1.82) is 0 Å². The molecule has 0 spiro atoms. The Bertz CT molecular complexity index is 1160. The van der Waals surface area contributed by atoms with Gasteiger partial charge in [-0.3, -0.25) is 4.79 Å². The summed E-state index contributed by atoms with van der Waals surface area (Å²) < 4.78 is 38.3. The molecule has 8 nitrogen and oxygen atoms in total. The molecule has 0 aliphatic carbocycles. The first kappa shape index (κ1) is 27.4. The van der Waals surface area contributed by atoms with Crippen LogP contribution in [0.4, 0.5) is 5.69 Å². The van der Waals surface area contributed by atoms with Gasteiger partial charge in [-0.1, -0.05) is 19.1 Å². The van der Waals surface area contributed by atoms with Crippen LogP contribution in [0.15, 0.2) is 47.4 Å². The molecule has 2 atom stereocenters. The highest BCUT2D eigenvalue weighted by atomic mass is 32.2. The van der Waals surface area contributed by atoms with Crippen LogP contribution in [0.25, 0.3) is 0 Å². The van der Waals surface area contributed by atoms with Crippen molar-refractivity contribution in [3.63, 3.8) is 0 Å². The number of ether oxygens (including phenoxy) is 2. The van der Waals surface area contributed by atoms with Gasteiger partial charge >= 0.3 is 0 Å². The molecule has 2 fully saturated rings. The summed E-state index contributed by atoms with van der Waals surface area (Å²) in [4.78, 5) is 15.4. The van der Waals surface area contributed by atoms with Crippen LogP contribution in [0.5, 0.6) is 5.75 Å². The zero-order valence-corrected chi connectivity index (χ0v) is 22.9. The lowest BCUT2D eigenvalue weighted by Gasteiger charge is -2.33. The zero-order chi connectivity index (χ0) is 26.4. The van der Waals surface area contributed by atoms with Crippen LogP contribution in [-0.2, 0) is 26.0 Å². The SMILES string of the molecule is COc1ccc(S(=O)(=O)N2CCOCC2)cc1CCC(=O)NC(C)c1ccc(N2CCCC(C)C2)cc1. The number of hydrogen-bond acceptors (Lipinski definition) is 6. The lowest BCUT2D eigenvalue weighted by Crippen LogP contribution is -2.40. The Balaban J connectivity index is 1.36. The average molecular weight is 530 g/mol. The third kappa shape index (κ3) is 6.83. The number of methoxy groups -OCH3 is 1. The number of hydrogen-bond donors (Lipinski definition) is 1. The molecule has 4 rings (SSSR count). The van der Waals surface area contributed by atoms with Gasteiger partial charge in [-0.15, -0.1) is 0 Å². The van der Waals surface area contributed by atoms with Crippen LogP contribution in [-0.4, -0.2) is 65.1 Å². The smallest absolute Gasteiger partial charge is 0.243 e. The van der Waals surface area contributed by atoms with E-state index < -0.39 is 10.0 Å². The number of anilines is 1. The number of amides is 1.